The highest BCUT2D eigenvalue weighted by Crippen LogP contribution is 2.66. The number of carbonyl (C=O) groups excluding carboxylic acids is 2. The summed E-state index contributed by atoms with van der Waals surface area (Å²) in [6.07, 6.45) is 12.3. The number of anilines is 1. The first kappa shape index (κ1) is 31.0. The molecule has 0 spiro atoms. The monoisotopic (exact) mass is 596 g/mol. The van der Waals surface area contributed by atoms with E-state index in [9.17, 15) is 30.2 Å². The van der Waals surface area contributed by atoms with Crippen LogP contribution in [0, 0.1) is 28.6 Å². The van der Waals surface area contributed by atoms with Gasteiger partial charge in [-0.15, -0.1) is 5.23 Å². The number of ether oxygens (including phenoxy) is 1. The minimum absolute atomic E-state index is 0.0252. The molecule has 3 saturated carbocycles. The molecule has 4 aliphatic rings. The zero-order valence-electron chi connectivity index (χ0n) is 25.2. The van der Waals surface area contributed by atoms with Gasteiger partial charge in [0.2, 0.25) is 0 Å². The van der Waals surface area contributed by atoms with Gasteiger partial charge in [-0.1, -0.05) is 48.5 Å². The molecule has 7 atom stereocenters. The Morgan fingerprint density at radius 2 is 1.91 bits per heavy atom. The molecule has 4 aliphatic carbocycles. The molecule has 1 aromatic rings. The number of esters is 1. The topological polar surface area (TPSA) is 164 Å². The number of oxime groups is 1. The van der Waals surface area contributed by atoms with Crippen LogP contribution in [0.5, 0.6) is 5.75 Å². The number of methoxy groups -OCH3 is 1. The summed E-state index contributed by atoms with van der Waals surface area (Å²) in [5.74, 6) is -0.302. The van der Waals surface area contributed by atoms with Crippen LogP contribution in [0.3, 0.4) is 0 Å². The molecule has 1 amide bonds. The van der Waals surface area contributed by atoms with Crippen molar-refractivity contribution in [2.75, 3.05) is 18.9 Å². The predicted molar refractivity (Wildman–Crippen MR) is 155 cm³/mol. The number of nitrogens with zero attached hydrogens (tertiary/aromatic N) is 2. The van der Waals surface area contributed by atoms with Crippen LogP contribution in [0.4, 0.5) is 5.69 Å². The summed E-state index contributed by atoms with van der Waals surface area (Å²) in [6.45, 7) is 6.20. The fourth-order valence-electron chi connectivity index (χ4n) is 8.33. The molecule has 4 N–H and O–H groups in total. The Labute approximate surface area is 251 Å². The molecule has 11 nitrogen and oxygen atoms in total. The zero-order chi connectivity index (χ0) is 31.2. The quantitative estimate of drug-likeness (QED) is 0.260. The second-order valence-electron chi connectivity index (χ2n) is 13.2. The van der Waals surface area contributed by atoms with Gasteiger partial charge < -0.3 is 25.1 Å². The standard InChI is InChI=1S/C32H43N3O8/c1-30-12-9-21(17-20(30)6-7-22-23(30)10-13-31(2)24(22)11-14-32(31,3)39)34-43-18-28(37)33-25(29(38)42-4)15-19-5-8-27(36)26(16-19)35(40)41/h5,8-9,12,16-17,22-25,36,39-41H,6-7,10-11,13-15,18H2,1-4H3,(H,33,37)/p-1/t22-,23-,24-,25-,30-,31-,32-/m0/s1. The smallest absolute Gasteiger partial charge is 0.328 e. The van der Waals surface area contributed by atoms with Crippen LogP contribution in [0.25, 0.3) is 0 Å². The van der Waals surface area contributed by atoms with E-state index in [1.165, 1.54) is 24.8 Å². The molecule has 11 heteroatoms. The van der Waals surface area contributed by atoms with Crippen molar-refractivity contribution in [1.29, 1.82) is 0 Å². The molecular weight excluding hydrogens is 554 g/mol. The molecule has 3 fully saturated rings. The molecule has 0 heterocycles. The molecule has 0 aromatic heterocycles. The zero-order valence-corrected chi connectivity index (χ0v) is 25.2. The van der Waals surface area contributed by atoms with Crippen molar-refractivity contribution in [2.45, 2.75) is 77.4 Å². The van der Waals surface area contributed by atoms with Gasteiger partial charge in [-0.25, -0.2) is 4.79 Å². The normalized spacial score (nSPS) is 34.3. The van der Waals surface area contributed by atoms with Crippen LogP contribution in [0.15, 0.2) is 47.2 Å². The Bertz CT molecular complexity index is 1350. The highest BCUT2D eigenvalue weighted by atomic mass is 16.8. The van der Waals surface area contributed by atoms with E-state index in [1.54, 1.807) is 0 Å². The van der Waals surface area contributed by atoms with Crippen LogP contribution in [0.1, 0.15) is 64.9 Å². The number of carbonyl (C=O) groups is 2. The summed E-state index contributed by atoms with van der Waals surface area (Å²) >= 11 is 0. The lowest BCUT2D eigenvalue weighted by Crippen LogP contribution is -2.53. The van der Waals surface area contributed by atoms with Crippen molar-refractivity contribution in [3.63, 3.8) is 0 Å². The Morgan fingerprint density at radius 1 is 1.16 bits per heavy atom. The number of benzene rings is 1. The maximum atomic E-state index is 12.6. The number of amides is 1. The van der Waals surface area contributed by atoms with Gasteiger partial charge >= 0.3 is 5.97 Å². The molecule has 0 radical (unpaired) electrons. The first-order chi connectivity index (χ1) is 20.3. The number of aliphatic hydroxyl groups is 1. The average molecular weight is 597 g/mol. The highest BCUT2D eigenvalue weighted by Gasteiger charge is 2.62. The summed E-state index contributed by atoms with van der Waals surface area (Å²) < 4.78 is 4.80. The molecule has 234 valence electrons. The lowest BCUT2D eigenvalue weighted by molar-refractivity contribution is -0.268. The Morgan fingerprint density at radius 3 is 2.63 bits per heavy atom. The predicted octanol–water partition coefficient (Wildman–Crippen LogP) is 3.41. The third-order valence-corrected chi connectivity index (χ3v) is 11.0. The Kier molecular flexibility index (Phi) is 8.36. The minimum Gasteiger partial charge on any atom is -0.871 e. The number of allylic oxidation sites excluding steroid dienone is 4. The molecular formula is C32H42N3O8-. The van der Waals surface area contributed by atoms with E-state index in [1.807, 2.05) is 13.0 Å². The van der Waals surface area contributed by atoms with Gasteiger partial charge in [-0.3, -0.25) is 15.2 Å². The highest BCUT2D eigenvalue weighted by molar-refractivity contribution is 6.05. The first-order valence-corrected chi connectivity index (χ1v) is 15.0. The van der Waals surface area contributed by atoms with Gasteiger partial charge in [0.15, 0.2) is 6.61 Å². The molecule has 43 heavy (non-hydrogen) atoms. The maximum absolute atomic E-state index is 12.6. The Hall–Kier alpha value is -3.41. The number of fused-ring (bicyclic) bond motifs is 5. The molecule has 0 aliphatic heterocycles. The minimum atomic E-state index is -1.10. The van der Waals surface area contributed by atoms with E-state index in [-0.39, 0.29) is 28.2 Å². The van der Waals surface area contributed by atoms with Crippen molar-refractivity contribution in [3.8, 4) is 5.75 Å². The number of rotatable bonds is 8. The van der Waals surface area contributed by atoms with Gasteiger partial charge in [-0.05, 0) is 92.4 Å². The summed E-state index contributed by atoms with van der Waals surface area (Å²) in [5, 5.41) is 47.8. The fraction of sp³-hybridized carbons (Fsp3) is 0.594. The summed E-state index contributed by atoms with van der Waals surface area (Å²) in [7, 11) is 1.19. The number of hydrogen-bond acceptors (Lipinski definition) is 10. The van der Waals surface area contributed by atoms with Crippen LogP contribution < -0.4 is 15.6 Å². The SMILES string of the molecule is COC(=O)[C@H](Cc1ccc([O-])c(N(O)O)c1)NC(=O)CON=C1C=C[C@@]2(C)C(=C1)CC[C@H]1[C@@H]2CC[C@@]2(C)[C@H]1CC[C@]2(C)O. The maximum Gasteiger partial charge on any atom is 0.328 e. The molecule has 0 saturated heterocycles. The molecule has 5 rings (SSSR count). The van der Waals surface area contributed by atoms with Crippen LogP contribution in [-0.4, -0.2) is 58.5 Å². The van der Waals surface area contributed by atoms with E-state index in [0.29, 0.717) is 29.0 Å². The van der Waals surface area contributed by atoms with Gasteiger partial charge in [0, 0.05) is 11.8 Å². The van der Waals surface area contributed by atoms with Gasteiger partial charge in [0.1, 0.15) is 11.8 Å². The second kappa shape index (κ2) is 11.6. The summed E-state index contributed by atoms with van der Waals surface area (Å²) in [4.78, 5) is 30.3. The van der Waals surface area contributed by atoms with Crippen molar-refractivity contribution in [1.82, 2.24) is 5.32 Å². The summed E-state index contributed by atoms with van der Waals surface area (Å²) in [6, 6.07) is 2.67. The first-order valence-electron chi connectivity index (χ1n) is 15.0. The number of nitrogens with one attached hydrogen (secondary N) is 1. The van der Waals surface area contributed by atoms with E-state index in [0.717, 1.165) is 44.6 Å². The van der Waals surface area contributed by atoms with Crippen molar-refractivity contribution in [3.05, 3.63) is 47.6 Å². The molecule has 0 bridgehead atoms. The van der Waals surface area contributed by atoms with E-state index in [4.69, 9.17) is 9.57 Å². The largest absolute Gasteiger partial charge is 0.871 e. The molecule has 1 aromatic carbocycles. The second-order valence-corrected chi connectivity index (χ2v) is 13.2. The van der Waals surface area contributed by atoms with Gasteiger partial charge in [-0.2, -0.15) is 0 Å². The van der Waals surface area contributed by atoms with Gasteiger partial charge in [0.05, 0.1) is 18.4 Å². The van der Waals surface area contributed by atoms with Crippen LogP contribution in [0.2, 0.25) is 0 Å². The average Bonchev–Trinajstić information content (AvgIpc) is 3.21. The lowest BCUT2D eigenvalue weighted by atomic mass is 9.47. The van der Waals surface area contributed by atoms with Crippen molar-refractivity contribution < 1.29 is 39.8 Å². The van der Waals surface area contributed by atoms with Crippen LogP contribution in [-0.2, 0) is 25.6 Å². The molecule has 0 unspecified atom stereocenters. The van der Waals surface area contributed by atoms with E-state index < -0.39 is 35.9 Å². The third kappa shape index (κ3) is 5.65. The van der Waals surface area contributed by atoms with E-state index >= 15 is 0 Å². The van der Waals surface area contributed by atoms with Crippen molar-refractivity contribution >= 4 is 23.3 Å². The van der Waals surface area contributed by atoms with Gasteiger partial charge in [0.25, 0.3) is 5.91 Å². The van der Waals surface area contributed by atoms with E-state index in [2.05, 4.69) is 36.5 Å². The third-order valence-electron chi connectivity index (χ3n) is 11.0. The summed E-state index contributed by atoms with van der Waals surface area (Å²) in [5.41, 5.74) is 1.25. The van der Waals surface area contributed by atoms with Crippen molar-refractivity contribution in [2.24, 2.45) is 33.7 Å². The fourth-order valence-corrected chi connectivity index (χ4v) is 8.33. The Balaban J connectivity index is 1.20. The lowest BCUT2D eigenvalue weighted by Gasteiger charge is -2.58. The van der Waals surface area contributed by atoms with Crippen LogP contribution >= 0.6 is 0 Å². The number of hydrogen-bond donors (Lipinski definition) is 4.